The molecule has 0 fully saturated rings. The summed E-state index contributed by atoms with van der Waals surface area (Å²) in [7, 11) is 1.67. The quantitative estimate of drug-likeness (QED) is 0.638. The van der Waals surface area contributed by atoms with E-state index in [0.717, 1.165) is 11.1 Å². The van der Waals surface area contributed by atoms with Gasteiger partial charge in [-0.25, -0.2) is 0 Å². The molecule has 1 amide bonds. The molecule has 2 aromatic carbocycles. The van der Waals surface area contributed by atoms with Gasteiger partial charge in [-0.05, 0) is 38.1 Å². The summed E-state index contributed by atoms with van der Waals surface area (Å²) in [6.07, 6.45) is -0.657. The van der Waals surface area contributed by atoms with Gasteiger partial charge in [0, 0.05) is 17.6 Å². The summed E-state index contributed by atoms with van der Waals surface area (Å²) in [4.78, 5) is 18.4. The molecule has 1 unspecified atom stereocenters. The van der Waals surface area contributed by atoms with E-state index in [4.69, 9.17) is 20.9 Å². The van der Waals surface area contributed by atoms with Gasteiger partial charge in [0.05, 0.1) is 6.54 Å². The second kappa shape index (κ2) is 8.22. The molecule has 3 aromatic rings. The Morgan fingerprint density at radius 1 is 1.19 bits per heavy atom. The maximum absolute atomic E-state index is 12.5. The smallest absolute Gasteiger partial charge is 0.263 e. The summed E-state index contributed by atoms with van der Waals surface area (Å²) in [6.45, 7) is 3.91. The molecule has 27 heavy (non-hydrogen) atoms. The molecule has 0 saturated heterocycles. The van der Waals surface area contributed by atoms with Crippen LogP contribution in [0.3, 0.4) is 0 Å². The summed E-state index contributed by atoms with van der Waals surface area (Å²) in [5.74, 6) is 1.24. The molecule has 0 N–H and O–H groups in total. The number of carbonyl (C=O) groups is 1. The van der Waals surface area contributed by atoms with Crippen molar-refractivity contribution in [3.05, 3.63) is 65.0 Å². The highest BCUT2D eigenvalue weighted by Crippen LogP contribution is 2.19. The van der Waals surface area contributed by atoms with Gasteiger partial charge in [-0.15, -0.1) is 0 Å². The molecule has 7 heteroatoms. The van der Waals surface area contributed by atoms with Gasteiger partial charge in [-0.2, -0.15) is 4.98 Å². The van der Waals surface area contributed by atoms with Crippen LogP contribution in [-0.2, 0) is 11.3 Å². The predicted molar refractivity (Wildman–Crippen MR) is 102 cm³/mol. The molecule has 1 heterocycles. The topological polar surface area (TPSA) is 68.5 Å². The minimum atomic E-state index is -0.657. The number of aryl methyl sites for hydroxylation is 1. The highest BCUT2D eigenvalue weighted by atomic mass is 35.5. The van der Waals surface area contributed by atoms with Crippen LogP contribution in [0.4, 0.5) is 0 Å². The van der Waals surface area contributed by atoms with Crippen LogP contribution in [0, 0.1) is 6.92 Å². The monoisotopic (exact) mass is 385 g/mol. The molecule has 1 atom stereocenters. The van der Waals surface area contributed by atoms with E-state index in [-0.39, 0.29) is 12.5 Å². The van der Waals surface area contributed by atoms with E-state index in [1.807, 2.05) is 31.2 Å². The summed E-state index contributed by atoms with van der Waals surface area (Å²) in [6, 6.07) is 14.7. The van der Waals surface area contributed by atoms with Crippen LogP contribution in [0.5, 0.6) is 5.75 Å². The fourth-order valence-corrected chi connectivity index (χ4v) is 2.62. The number of carbonyl (C=O) groups excluding carboxylic acids is 1. The first-order valence-corrected chi connectivity index (χ1v) is 8.87. The van der Waals surface area contributed by atoms with E-state index in [0.29, 0.717) is 22.5 Å². The van der Waals surface area contributed by atoms with E-state index in [1.165, 1.54) is 4.90 Å². The van der Waals surface area contributed by atoms with Gasteiger partial charge in [0.25, 0.3) is 5.91 Å². The van der Waals surface area contributed by atoms with Gasteiger partial charge in [0.15, 0.2) is 6.10 Å². The summed E-state index contributed by atoms with van der Waals surface area (Å²) >= 11 is 5.85. The van der Waals surface area contributed by atoms with Gasteiger partial charge in [0.2, 0.25) is 11.7 Å². The minimum Gasteiger partial charge on any atom is -0.481 e. The Hall–Kier alpha value is -2.86. The average Bonchev–Trinajstić information content (AvgIpc) is 3.12. The number of hydrogen-bond donors (Lipinski definition) is 0. The van der Waals surface area contributed by atoms with Gasteiger partial charge in [-0.1, -0.05) is 46.6 Å². The lowest BCUT2D eigenvalue weighted by Gasteiger charge is -2.20. The largest absolute Gasteiger partial charge is 0.481 e. The van der Waals surface area contributed by atoms with Crippen molar-refractivity contribution < 1.29 is 14.1 Å². The normalized spacial score (nSPS) is 11.9. The van der Waals surface area contributed by atoms with Crippen LogP contribution >= 0.6 is 11.6 Å². The van der Waals surface area contributed by atoms with Crippen LogP contribution in [0.15, 0.2) is 53.1 Å². The second-order valence-corrected chi connectivity index (χ2v) is 6.72. The Labute approximate surface area is 162 Å². The van der Waals surface area contributed by atoms with Gasteiger partial charge in [-0.3, -0.25) is 4.79 Å². The molecule has 0 aliphatic carbocycles. The summed E-state index contributed by atoms with van der Waals surface area (Å²) in [5.41, 5.74) is 2.02. The van der Waals surface area contributed by atoms with E-state index in [1.54, 1.807) is 38.2 Å². The molecule has 140 valence electrons. The van der Waals surface area contributed by atoms with E-state index >= 15 is 0 Å². The number of rotatable bonds is 6. The van der Waals surface area contributed by atoms with Crippen LogP contribution in [-0.4, -0.2) is 34.1 Å². The maximum atomic E-state index is 12.5. The van der Waals surface area contributed by atoms with Crippen molar-refractivity contribution >= 4 is 17.5 Å². The van der Waals surface area contributed by atoms with Crippen molar-refractivity contribution in [2.45, 2.75) is 26.5 Å². The highest BCUT2D eigenvalue weighted by molar-refractivity contribution is 6.30. The zero-order valence-corrected chi connectivity index (χ0v) is 16.1. The number of likely N-dealkylation sites (N-methyl/N-ethyl adjacent to an activating group) is 1. The first-order valence-electron chi connectivity index (χ1n) is 8.49. The van der Waals surface area contributed by atoms with Crippen LogP contribution in [0.2, 0.25) is 5.02 Å². The van der Waals surface area contributed by atoms with Crippen LogP contribution in [0.1, 0.15) is 18.4 Å². The Balaban J connectivity index is 1.60. The number of ether oxygens (including phenoxy) is 1. The Morgan fingerprint density at radius 2 is 1.85 bits per heavy atom. The second-order valence-electron chi connectivity index (χ2n) is 6.29. The molecule has 0 spiro atoms. The fourth-order valence-electron chi connectivity index (χ4n) is 2.50. The molecule has 6 nitrogen and oxygen atoms in total. The van der Waals surface area contributed by atoms with Crippen LogP contribution < -0.4 is 4.74 Å². The van der Waals surface area contributed by atoms with Crippen molar-refractivity contribution in [2.75, 3.05) is 7.05 Å². The van der Waals surface area contributed by atoms with Gasteiger partial charge >= 0.3 is 0 Å². The Bertz CT molecular complexity index is 907. The van der Waals surface area contributed by atoms with E-state index in [2.05, 4.69) is 10.1 Å². The number of halogens is 1. The lowest BCUT2D eigenvalue weighted by Crippen LogP contribution is -2.37. The molecule has 0 radical (unpaired) electrons. The number of hydrogen-bond acceptors (Lipinski definition) is 5. The van der Waals surface area contributed by atoms with E-state index in [9.17, 15) is 4.79 Å². The standard InChI is InChI=1S/C20H20ClN3O3/c1-13-4-6-15(7-5-13)19-22-18(27-23-19)12-24(3)20(25)14(2)26-17-10-8-16(21)9-11-17/h4-11,14H,12H2,1-3H3. The molecule has 0 bridgehead atoms. The summed E-state index contributed by atoms with van der Waals surface area (Å²) in [5, 5.41) is 4.59. The van der Waals surface area contributed by atoms with Crippen molar-refractivity contribution in [3.63, 3.8) is 0 Å². The molecule has 0 saturated carbocycles. The molecule has 0 aliphatic heterocycles. The molecule has 1 aromatic heterocycles. The number of aromatic nitrogens is 2. The zero-order chi connectivity index (χ0) is 19.4. The van der Waals surface area contributed by atoms with Crippen molar-refractivity contribution in [2.24, 2.45) is 0 Å². The average molecular weight is 386 g/mol. The lowest BCUT2D eigenvalue weighted by molar-refractivity contribution is -0.137. The molecular formula is C20H20ClN3O3. The third kappa shape index (κ3) is 4.86. The third-order valence-electron chi connectivity index (χ3n) is 4.00. The Kier molecular flexibility index (Phi) is 5.76. The van der Waals surface area contributed by atoms with Crippen molar-refractivity contribution in [1.82, 2.24) is 15.0 Å². The van der Waals surface area contributed by atoms with Crippen LogP contribution in [0.25, 0.3) is 11.4 Å². The fraction of sp³-hybridized carbons (Fsp3) is 0.250. The first-order chi connectivity index (χ1) is 12.9. The summed E-state index contributed by atoms with van der Waals surface area (Å²) < 4.78 is 10.9. The van der Waals surface area contributed by atoms with E-state index < -0.39 is 6.10 Å². The molecule has 0 aliphatic rings. The molecular weight excluding hydrogens is 366 g/mol. The minimum absolute atomic E-state index is 0.194. The third-order valence-corrected chi connectivity index (χ3v) is 4.25. The number of nitrogens with zero attached hydrogens (tertiary/aromatic N) is 3. The van der Waals surface area contributed by atoms with Gasteiger partial charge in [0.1, 0.15) is 5.75 Å². The lowest BCUT2D eigenvalue weighted by atomic mass is 10.1. The predicted octanol–water partition coefficient (Wildman–Crippen LogP) is 4.12. The highest BCUT2D eigenvalue weighted by Gasteiger charge is 2.21. The molecule has 3 rings (SSSR count). The number of amides is 1. The maximum Gasteiger partial charge on any atom is 0.263 e. The SMILES string of the molecule is Cc1ccc(-c2noc(CN(C)C(=O)C(C)Oc3ccc(Cl)cc3)n2)cc1. The van der Waals surface area contributed by atoms with Crippen molar-refractivity contribution in [3.8, 4) is 17.1 Å². The van der Waals surface area contributed by atoms with Crippen molar-refractivity contribution in [1.29, 1.82) is 0 Å². The number of benzene rings is 2. The Morgan fingerprint density at radius 3 is 2.52 bits per heavy atom. The zero-order valence-electron chi connectivity index (χ0n) is 15.3. The first kappa shape index (κ1) is 18.9. The van der Waals surface area contributed by atoms with Gasteiger partial charge < -0.3 is 14.2 Å².